The summed E-state index contributed by atoms with van der Waals surface area (Å²) >= 11 is 0. The molecule has 2 heterocycles. The van der Waals surface area contributed by atoms with Gasteiger partial charge in [0.05, 0.1) is 0 Å². The number of aryl methyl sites for hydroxylation is 1. The SMILES string of the molecule is CCc1ccccc1OCCN1CCCC12CCCNC2=O. The molecular weight excluding hydrogens is 276 g/mol. The Balaban J connectivity index is 1.60. The topological polar surface area (TPSA) is 41.6 Å². The van der Waals surface area contributed by atoms with Crippen LogP contribution in [0.15, 0.2) is 24.3 Å². The number of ether oxygens (including phenoxy) is 1. The quantitative estimate of drug-likeness (QED) is 0.908. The van der Waals surface area contributed by atoms with Crippen LogP contribution in [0.4, 0.5) is 0 Å². The summed E-state index contributed by atoms with van der Waals surface area (Å²) in [6, 6.07) is 8.21. The number of benzene rings is 1. The van der Waals surface area contributed by atoms with Crippen LogP contribution in [0.5, 0.6) is 5.75 Å². The number of carbonyl (C=O) groups excluding carboxylic acids is 1. The molecular formula is C18H26N2O2. The highest BCUT2D eigenvalue weighted by atomic mass is 16.5. The maximum absolute atomic E-state index is 12.4. The summed E-state index contributed by atoms with van der Waals surface area (Å²) in [7, 11) is 0. The van der Waals surface area contributed by atoms with Crippen LogP contribution in [0.2, 0.25) is 0 Å². The molecule has 1 aromatic rings. The van der Waals surface area contributed by atoms with Crippen LogP contribution in [0.1, 0.15) is 38.2 Å². The van der Waals surface area contributed by atoms with E-state index in [0.717, 1.165) is 57.5 Å². The molecule has 2 aliphatic rings. The molecule has 1 aromatic carbocycles. The standard InChI is InChI=1S/C18H26N2O2/c1-2-15-7-3-4-8-16(15)22-14-13-20-12-6-10-18(20)9-5-11-19-17(18)21/h3-4,7-8H,2,5-6,9-14H2,1H3,(H,19,21). The van der Waals surface area contributed by atoms with Gasteiger partial charge in [0.2, 0.25) is 5.91 Å². The van der Waals surface area contributed by atoms with Crippen LogP contribution >= 0.6 is 0 Å². The van der Waals surface area contributed by atoms with Crippen molar-refractivity contribution in [2.75, 3.05) is 26.2 Å². The van der Waals surface area contributed by atoms with Gasteiger partial charge in [-0.25, -0.2) is 0 Å². The molecule has 0 aliphatic carbocycles. The van der Waals surface area contributed by atoms with Gasteiger partial charge in [-0.05, 0) is 50.3 Å². The summed E-state index contributed by atoms with van der Waals surface area (Å²) in [5.41, 5.74) is 0.986. The molecule has 1 N–H and O–H groups in total. The Labute approximate surface area is 132 Å². The Kier molecular flexibility index (Phi) is 4.67. The highest BCUT2D eigenvalue weighted by Crippen LogP contribution is 2.35. The van der Waals surface area contributed by atoms with E-state index in [2.05, 4.69) is 23.2 Å². The smallest absolute Gasteiger partial charge is 0.240 e. The van der Waals surface area contributed by atoms with E-state index in [9.17, 15) is 4.79 Å². The average Bonchev–Trinajstić information content (AvgIpc) is 2.94. The largest absolute Gasteiger partial charge is 0.492 e. The fourth-order valence-corrected chi connectivity index (χ4v) is 3.86. The molecule has 1 atom stereocenters. The van der Waals surface area contributed by atoms with E-state index in [1.165, 1.54) is 5.56 Å². The highest BCUT2D eigenvalue weighted by Gasteiger charge is 2.47. The maximum Gasteiger partial charge on any atom is 0.240 e. The molecule has 120 valence electrons. The molecule has 1 amide bonds. The third-order valence-electron chi connectivity index (χ3n) is 5.07. The Morgan fingerprint density at radius 3 is 2.91 bits per heavy atom. The van der Waals surface area contributed by atoms with Crippen molar-refractivity contribution in [1.29, 1.82) is 0 Å². The van der Waals surface area contributed by atoms with E-state index in [1.807, 2.05) is 18.2 Å². The van der Waals surface area contributed by atoms with Crippen LogP contribution in [-0.2, 0) is 11.2 Å². The van der Waals surface area contributed by atoms with Crippen LogP contribution in [0.3, 0.4) is 0 Å². The van der Waals surface area contributed by atoms with E-state index in [-0.39, 0.29) is 11.4 Å². The molecule has 2 aliphatic heterocycles. The van der Waals surface area contributed by atoms with Gasteiger partial charge in [0.25, 0.3) is 0 Å². The molecule has 4 heteroatoms. The number of likely N-dealkylation sites (tertiary alicyclic amines) is 1. The van der Waals surface area contributed by atoms with Crippen molar-refractivity contribution >= 4 is 5.91 Å². The summed E-state index contributed by atoms with van der Waals surface area (Å²) in [6.45, 7) is 5.45. The van der Waals surface area contributed by atoms with Crippen LogP contribution in [0, 0.1) is 0 Å². The van der Waals surface area contributed by atoms with Crippen molar-refractivity contribution in [1.82, 2.24) is 10.2 Å². The lowest BCUT2D eigenvalue weighted by Gasteiger charge is -2.40. The fraction of sp³-hybridized carbons (Fsp3) is 0.611. The zero-order valence-corrected chi connectivity index (χ0v) is 13.4. The van der Waals surface area contributed by atoms with Crippen molar-refractivity contribution in [2.24, 2.45) is 0 Å². The predicted octanol–water partition coefficient (Wildman–Crippen LogP) is 2.37. The lowest BCUT2D eigenvalue weighted by Crippen LogP contribution is -2.59. The van der Waals surface area contributed by atoms with Crippen molar-refractivity contribution in [3.05, 3.63) is 29.8 Å². The number of para-hydroxylation sites is 1. The third-order valence-corrected chi connectivity index (χ3v) is 5.07. The fourth-order valence-electron chi connectivity index (χ4n) is 3.86. The maximum atomic E-state index is 12.4. The molecule has 1 spiro atoms. The number of hydrogen-bond donors (Lipinski definition) is 1. The second-order valence-corrected chi connectivity index (χ2v) is 6.29. The number of amides is 1. The monoisotopic (exact) mass is 302 g/mol. The Hall–Kier alpha value is -1.55. The molecule has 3 rings (SSSR count). The zero-order valence-electron chi connectivity index (χ0n) is 13.4. The molecule has 4 nitrogen and oxygen atoms in total. The summed E-state index contributed by atoms with van der Waals surface area (Å²) in [6.07, 6.45) is 5.15. The first-order valence-corrected chi connectivity index (χ1v) is 8.50. The molecule has 0 saturated carbocycles. The van der Waals surface area contributed by atoms with Gasteiger partial charge in [0.15, 0.2) is 0 Å². The minimum absolute atomic E-state index is 0.227. The van der Waals surface area contributed by atoms with Crippen molar-refractivity contribution < 1.29 is 9.53 Å². The molecule has 2 fully saturated rings. The average molecular weight is 302 g/mol. The van der Waals surface area contributed by atoms with Crippen LogP contribution in [-0.4, -0.2) is 42.6 Å². The van der Waals surface area contributed by atoms with E-state index < -0.39 is 0 Å². The zero-order chi connectivity index (χ0) is 15.4. The molecule has 0 radical (unpaired) electrons. The van der Waals surface area contributed by atoms with Gasteiger partial charge in [-0.1, -0.05) is 25.1 Å². The van der Waals surface area contributed by atoms with Crippen molar-refractivity contribution in [2.45, 2.75) is 44.6 Å². The van der Waals surface area contributed by atoms with Gasteiger partial charge in [0, 0.05) is 13.1 Å². The molecule has 0 bridgehead atoms. The van der Waals surface area contributed by atoms with Crippen molar-refractivity contribution in [3.63, 3.8) is 0 Å². The first-order chi connectivity index (χ1) is 10.8. The minimum atomic E-state index is -0.258. The van der Waals surface area contributed by atoms with E-state index in [4.69, 9.17) is 4.74 Å². The third kappa shape index (κ3) is 2.84. The van der Waals surface area contributed by atoms with E-state index >= 15 is 0 Å². The summed E-state index contributed by atoms with van der Waals surface area (Å²) in [5.74, 6) is 1.21. The second-order valence-electron chi connectivity index (χ2n) is 6.29. The summed E-state index contributed by atoms with van der Waals surface area (Å²) < 4.78 is 5.99. The van der Waals surface area contributed by atoms with Gasteiger partial charge in [0.1, 0.15) is 17.9 Å². The highest BCUT2D eigenvalue weighted by molar-refractivity contribution is 5.87. The van der Waals surface area contributed by atoms with Gasteiger partial charge in [-0.2, -0.15) is 0 Å². The normalized spacial score (nSPS) is 25.4. The first kappa shape index (κ1) is 15.3. The number of hydrogen-bond acceptors (Lipinski definition) is 3. The van der Waals surface area contributed by atoms with Gasteiger partial charge >= 0.3 is 0 Å². The van der Waals surface area contributed by atoms with Crippen LogP contribution < -0.4 is 10.1 Å². The van der Waals surface area contributed by atoms with E-state index in [1.54, 1.807) is 0 Å². The molecule has 0 aromatic heterocycles. The number of piperidine rings is 1. The number of nitrogens with zero attached hydrogens (tertiary/aromatic N) is 1. The number of rotatable bonds is 5. The van der Waals surface area contributed by atoms with E-state index in [0.29, 0.717) is 6.61 Å². The lowest BCUT2D eigenvalue weighted by molar-refractivity contribution is -0.134. The number of carbonyl (C=O) groups is 1. The predicted molar refractivity (Wildman–Crippen MR) is 87.1 cm³/mol. The molecule has 22 heavy (non-hydrogen) atoms. The van der Waals surface area contributed by atoms with Gasteiger partial charge < -0.3 is 10.1 Å². The second kappa shape index (κ2) is 6.69. The lowest BCUT2D eigenvalue weighted by atomic mass is 9.86. The summed E-state index contributed by atoms with van der Waals surface area (Å²) in [4.78, 5) is 14.7. The number of nitrogens with one attached hydrogen (secondary N) is 1. The Morgan fingerprint density at radius 1 is 1.27 bits per heavy atom. The van der Waals surface area contributed by atoms with Gasteiger partial charge in [-0.15, -0.1) is 0 Å². The minimum Gasteiger partial charge on any atom is -0.492 e. The first-order valence-electron chi connectivity index (χ1n) is 8.50. The Morgan fingerprint density at radius 2 is 2.09 bits per heavy atom. The Bertz CT molecular complexity index is 532. The molecule has 2 saturated heterocycles. The van der Waals surface area contributed by atoms with Crippen LogP contribution in [0.25, 0.3) is 0 Å². The molecule has 1 unspecified atom stereocenters. The summed E-state index contributed by atoms with van der Waals surface area (Å²) in [5, 5.41) is 3.05. The van der Waals surface area contributed by atoms with Gasteiger partial charge in [-0.3, -0.25) is 9.69 Å². The van der Waals surface area contributed by atoms with Crippen molar-refractivity contribution in [3.8, 4) is 5.75 Å².